The average Bonchev–Trinajstić information content (AvgIpc) is 3.14. The van der Waals surface area contributed by atoms with Crippen LogP contribution in [0.25, 0.3) is 0 Å². The zero-order valence-electron chi connectivity index (χ0n) is 12.5. The van der Waals surface area contributed by atoms with E-state index in [2.05, 4.69) is 9.62 Å². The highest BCUT2D eigenvalue weighted by atomic mass is 32.2. The van der Waals surface area contributed by atoms with E-state index < -0.39 is 10.0 Å². The molecular formula is C14H24N4O2S. The number of aromatic nitrogens is 1. The van der Waals surface area contributed by atoms with Crippen molar-refractivity contribution in [3.05, 3.63) is 18.0 Å². The standard InChI is InChI=1S/C14H24N4O2S/c1-2-17-10-12(8-11(17)9-15)21(19,20)16-13-5-7-18-6-3-4-14(13)18/h8,10,13-14,16H,2-7,9,15H2,1H3. The van der Waals surface area contributed by atoms with Crippen molar-refractivity contribution in [2.45, 2.75) is 56.3 Å². The molecule has 2 saturated heterocycles. The van der Waals surface area contributed by atoms with Gasteiger partial charge in [0.15, 0.2) is 0 Å². The highest BCUT2D eigenvalue weighted by molar-refractivity contribution is 7.89. The van der Waals surface area contributed by atoms with Crippen LogP contribution in [0.15, 0.2) is 17.2 Å². The van der Waals surface area contributed by atoms with Crippen molar-refractivity contribution in [3.63, 3.8) is 0 Å². The molecule has 2 unspecified atom stereocenters. The van der Waals surface area contributed by atoms with Gasteiger partial charge < -0.3 is 10.3 Å². The molecule has 3 rings (SSSR count). The summed E-state index contributed by atoms with van der Waals surface area (Å²) in [6.45, 7) is 5.16. The first-order chi connectivity index (χ1) is 10.0. The molecule has 0 radical (unpaired) electrons. The molecule has 2 aliphatic heterocycles. The monoisotopic (exact) mass is 312 g/mol. The molecule has 2 atom stereocenters. The maximum atomic E-state index is 12.6. The highest BCUT2D eigenvalue weighted by Crippen LogP contribution is 2.29. The second kappa shape index (κ2) is 5.72. The molecule has 6 nitrogen and oxygen atoms in total. The molecule has 0 spiro atoms. The van der Waals surface area contributed by atoms with Crippen LogP contribution in [0.1, 0.15) is 31.9 Å². The number of rotatable bonds is 5. The van der Waals surface area contributed by atoms with Gasteiger partial charge in [-0.05, 0) is 38.8 Å². The number of aryl methyl sites for hydroxylation is 1. The predicted molar refractivity (Wildman–Crippen MR) is 81.3 cm³/mol. The van der Waals surface area contributed by atoms with Crippen LogP contribution in [0.5, 0.6) is 0 Å². The van der Waals surface area contributed by atoms with Gasteiger partial charge in [0.05, 0.1) is 4.90 Å². The maximum absolute atomic E-state index is 12.6. The quantitative estimate of drug-likeness (QED) is 0.829. The summed E-state index contributed by atoms with van der Waals surface area (Å²) >= 11 is 0. The van der Waals surface area contributed by atoms with Crippen molar-refractivity contribution in [1.29, 1.82) is 0 Å². The highest BCUT2D eigenvalue weighted by Gasteiger charge is 2.39. The van der Waals surface area contributed by atoms with E-state index in [1.807, 2.05) is 11.5 Å². The van der Waals surface area contributed by atoms with E-state index in [-0.39, 0.29) is 6.04 Å². The molecule has 0 amide bonds. The minimum Gasteiger partial charge on any atom is -0.349 e. The van der Waals surface area contributed by atoms with Gasteiger partial charge in [0.2, 0.25) is 10.0 Å². The van der Waals surface area contributed by atoms with Crippen LogP contribution in [0, 0.1) is 0 Å². The Balaban J connectivity index is 1.79. The Morgan fingerprint density at radius 3 is 2.86 bits per heavy atom. The maximum Gasteiger partial charge on any atom is 0.242 e. The summed E-state index contributed by atoms with van der Waals surface area (Å²) in [4.78, 5) is 2.73. The van der Waals surface area contributed by atoms with Crippen LogP contribution in [-0.4, -0.2) is 43.1 Å². The van der Waals surface area contributed by atoms with Crippen molar-refractivity contribution >= 4 is 10.0 Å². The lowest BCUT2D eigenvalue weighted by atomic mass is 10.1. The van der Waals surface area contributed by atoms with Gasteiger partial charge in [0, 0.05) is 43.6 Å². The molecule has 2 fully saturated rings. The summed E-state index contributed by atoms with van der Waals surface area (Å²) < 4.78 is 30.0. The Kier molecular flexibility index (Phi) is 4.09. The van der Waals surface area contributed by atoms with Gasteiger partial charge in [-0.1, -0.05) is 0 Å². The molecule has 1 aromatic rings. The summed E-state index contributed by atoms with van der Waals surface area (Å²) in [6, 6.07) is 2.11. The number of nitrogens with zero attached hydrogens (tertiary/aromatic N) is 2. The zero-order valence-corrected chi connectivity index (χ0v) is 13.3. The van der Waals surface area contributed by atoms with Crippen LogP contribution >= 0.6 is 0 Å². The fraction of sp³-hybridized carbons (Fsp3) is 0.714. The van der Waals surface area contributed by atoms with Gasteiger partial charge in [0.1, 0.15) is 0 Å². The molecular weight excluding hydrogens is 288 g/mol. The molecule has 118 valence electrons. The van der Waals surface area contributed by atoms with Gasteiger partial charge in [0.25, 0.3) is 0 Å². The Morgan fingerprint density at radius 1 is 1.38 bits per heavy atom. The summed E-state index contributed by atoms with van der Waals surface area (Å²) in [5.41, 5.74) is 6.53. The van der Waals surface area contributed by atoms with Crippen molar-refractivity contribution < 1.29 is 8.42 Å². The lowest BCUT2D eigenvalue weighted by Gasteiger charge is -2.20. The second-order valence-corrected chi connectivity index (χ2v) is 7.63. The van der Waals surface area contributed by atoms with E-state index in [4.69, 9.17) is 5.73 Å². The fourth-order valence-electron chi connectivity index (χ4n) is 3.63. The Morgan fingerprint density at radius 2 is 2.19 bits per heavy atom. The molecule has 3 N–H and O–H groups in total. The summed E-state index contributed by atoms with van der Waals surface area (Å²) in [6.07, 6.45) is 4.86. The Labute approximate surface area is 126 Å². The van der Waals surface area contributed by atoms with Crippen LogP contribution in [0.3, 0.4) is 0 Å². The molecule has 0 aliphatic carbocycles. The molecule has 3 heterocycles. The number of nitrogens with two attached hydrogens (primary N) is 1. The van der Waals surface area contributed by atoms with E-state index in [1.54, 1.807) is 12.3 Å². The Hall–Kier alpha value is -0.890. The summed E-state index contributed by atoms with van der Waals surface area (Å²) in [5.74, 6) is 0. The third kappa shape index (κ3) is 2.75. The summed E-state index contributed by atoms with van der Waals surface area (Å²) in [5, 5.41) is 0. The topological polar surface area (TPSA) is 80.4 Å². The fourth-order valence-corrected chi connectivity index (χ4v) is 4.99. The average molecular weight is 312 g/mol. The van der Waals surface area contributed by atoms with Crippen molar-refractivity contribution in [1.82, 2.24) is 14.2 Å². The molecule has 21 heavy (non-hydrogen) atoms. The van der Waals surface area contributed by atoms with Crippen LogP contribution in [-0.2, 0) is 23.1 Å². The van der Waals surface area contributed by atoms with Crippen LogP contribution in [0.4, 0.5) is 0 Å². The molecule has 0 saturated carbocycles. The zero-order chi connectivity index (χ0) is 15.0. The molecule has 7 heteroatoms. The number of fused-ring (bicyclic) bond motifs is 1. The van der Waals surface area contributed by atoms with Gasteiger partial charge in [-0.3, -0.25) is 4.90 Å². The largest absolute Gasteiger partial charge is 0.349 e. The smallest absolute Gasteiger partial charge is 0.242 e. The lowest BCUT2D eigenvalue weighted by molar-refractivity contribution is 0.309. The number of sulfonamides is 1. The molecule has 0 bridgehead atoms. The van der Waals surface area contributed by atoms with Gasteiger partial charge in [-0.2, -0.15) is 0 Å². The van der Waals surface area contributed by atoms with Gasteiger partial charge in [-0.15, -0.1) is 0 Å². The first kappa shape index (κ1) is 15.0. The normalized spacial score (nSPS) is 26.4. The van der Waals surface area contributed by atoms with Crippen LogP contribution < -0.4 is 10.5 Å². The third-order valence-corrected chi connectivity index (χ3v) is 6.19. The van der Waals surface area contributed by atoms with Crippen molar-refractivity contribution in [2.24, 2.45) is 5.73 Å². The lowest BCUT2D eigenvalue weighted by Crippen LogP contribution is -2.42. The number of hydrogen-bond acceptors (Lipinski definition) is 4. The van der Waals surface area contributed by atoms with E-state index >= 15 is 0 Å². The minimum atomic E-state index is -3.46. The van der Waals surface area contributed by atoms with Gasteiger partial charge >= 0.3 is 0 Å². The number of nitrogens with one attached hydrogen (secondary N) is 1. The first-order valence-electron chi connectivity index (χ1n) is 7.70. The van der Waals surface area contributed by atoms with E-state index in [9.17, 15) is 8.42 Å². The predicted octanol–water partition coefficient (Wildman–Crippen LogP) is 0.482. The van der Waals surface area contributed by atoms with Crippen molar-refractivity contribution in [2.75, 3.05) is 13.1 Å². The minimum absolute atomic E-state index is 0.0452. The first-order valence-corrected chi connectivity index (χ1v) is 9.19. The molecule has 1 aromatic heterocycles. The Bertz CT molecular complexity index is 589. The molecule has 2 aliphatic rings. The summed E-state index contributed by atoms with van der Waals surface area (Å²) in [7, 11) is -3.46. The second-order valence-electron chi connectivity index (χ2n) is 5.92. The van der Waals surface area contributed by atoms with Crippen LogP contribution in [0.2, 0.25) is 0 Å². The van der Waals surface area contributed by atoms with E-state index in [0.717, 1.165) is 38.2 Å². The molecule has 0 aromatic carbocycles. The third-order valence-electron chi connectivity index (χ3n) is 4.73. The SMILES string of the molecule is CCn1cc(S(=O)(=O)NC2CCN3CCCC23)cc1CN. The van der Waals surface area contributed by atoms with E-state index in [0.29, 0.717) is 17.5 Å². The van der Waals surface area contributed by atoms with E-state index in [1.165, 1.54) is 6.42 Å². The van der Waals surface area contributed by atoms with Gasteiger partial charge in [-0.25, -0.2) is 13.1 Å². The number of hydrogen-bond donors (Lipinski definition) is 2. The van der Waals surface area contributed by atoms with Crippen molar-refractivity contribution in [3.8, 4) is 0 Å².